The van der Waals surface area contributed by atoms with Gasteiger partial charge in [-0.2, -0.15) is 11.8 Å². The molecule has 1 aromatic carbocycles. The highest BCUT2D eigenvalue weighted by atomic mass is 32.2. The van der Waals surface area contributed by atoms with Crippen molar-refractivity contribution in [1.29, 1.82) is 0 Å². The highest BCUT2D eigenvalue weighted by molar-refractivity contribution is 8.00. The van der Waals surface area contributed by atoms with Gasteiger partial charge < -0.3 is 15.8 Å². The van der Waals surface area contributed by atoms with Gasteiger partial charge >= 0.3 is 0 Å². The normalized spacial score (nSPS) is 16.9. The predicted octanol–water partition coefficient (Wildman–Crippen LogP) is 2.68. The van der Waals surface area contributed by atoms with Crippen LogP contribution in [0.1, 0.15) is 36.0 Å². The fourth-order valence-electron chi connectivity index (χ4n) is 2.69. The molecule has 0 unspecified atom stereocenters. The number of carbonyl (C=O) groups excluding carboxylic acids is 1. The van der Waals surface area contributed by atoms with Crippen molar-refractivity contribution in [3.05, 3.63) is 23.8 Å². The van der Waals surface area contributed by atoms with Crippen LogP contribution in [-0.2, 0) is 0 Å². The van der Waals surface area contributed by atoms with Gasteiger partial charge in [0.25, 0.3) is 5.91 Å². The maximum atomic E-state index is 12.2. The summed E-state index contributed by atoms with van der Waals surface area (Å²) in [4.78, 5) is 12.2. The third-order valence-electron chi connectivity index (χ3n) is 3.95. The van der Waals surface area contributed by atoms with Crippen LogP contribution < -0.4 is 15.8 Å². The molecule has 2 rings (SSSR count). The second-order valence-corrected chi connectivity index (χ2v) is 6.55. The minimum atomic E-state index is -0.0871. The second-order valence-electron chi connectivity index (χ2n) is 5.27. The van der Waals surface area contributed by atoms with Gasteiger partial charge in [0.05, 0.1) is 7.11 Å². The monoisotopic (exact) mass is 294 g/mol. The number of hydrogen-bond donors (Lipinski definition) is 2. The number of nitrogens with two attached hydrogens (primary N) is 1. The topological polar surface area (TPSA) is 64.3 Å². The molecule has 1 fully saturated rings. The molecule has 0 heterocycles. The molecule has 110 valence electrons. The molecule has 1 saturated carbocycles. The Morgan fingerprint density at radius 2 is 2.10 bits per heavy atom. The summed E-state index contributed by atoms with van der Waals surface area (Å²) in [5, 5.41) is 3.04. The van der Waals surface area contributed by atoms with Crippen molar-refractivity contribution in [3.8, 4) is 5.75 Å². The van der Waals surface area contributed by atoms with Crippen molar-refractivity contribution in [2.45, 2.75) is 30.4 Å². The fraction of sp³-hybridized carbons (Fsp3) is 0.533. The van der Waals surface area contributed by atoms with Gasteiger partial charge in [-0.05, 0) is 31.2 Å². The standard InChI is InChI=1S/C15H22N2O2S/c1-19-13-8-11(7-12(16)9-13)14(18)17-10-15(20-2)5-3-4-6-15/h7-9H,3-6,10,16H2,1-2H3,(H,17,18). The second kappa shape index (κ2) is 6.39. The van der Waals surface area contributed by atoms with Gasteiger partial charge in [0.15, 0.2) is 0 Å². The molecule has 20 heavy (non-hydrogen) atoms. The molecule has 1 aliphatic rings. The van der Waals surface area contributed by atoms with E-state index >= 15 is 0 Å². The molecule has 0 radical (unpaired) electrons. The van der Waals surface area contributed by atoms with Crippen LogP contribution in [0.25, 0.3) is 0 Å². The number of carbonyl (C=O) groups is 1. The van der Waals surface area contributed by atoms with Crippen molar-refractivity contribution < 1.29 is 9.53 Å². The first-order chi connectivity index (χ1) is 9.58. The molecule has 0 aliphatic heterocycles. The average molecular weight is 294 g/mol. The van der Waals surface area contributed by atoms with Gasteiger partial charge in [0.2, 0.25) is 0 Å². The minimum Gasteiger partial charge on any atom is -0.497 e. The van der Waals surface area contributed by atoms with E-state index in [4.69, 9.17) is 10.5 Å². The first-order valence-electron chi connectivity index (χ1n) is 6.86. The van der Waals surface area contributed by atoms with Crippen LogP contribution in [-0.4, -0.2) is 30.6 Å². The third kappa shape index (κ3) is 3.39. The number of rotatable bonds is 5. The van der Waals surface area contributed by atoms with Gasteiger partial charge in [0.1, 0.15) is 5.75 Å². The maximum absolute atomic E-state index is 12.2. The largest absolute Gasteiger partial charge is 0.497 e. The van der Waals surface area contributed by atoms with Gasteiger partial charge in [0, 0.05) is 28.6 Å². The highest BCUT2D eigenvalue weighted by Crippen LogP contribution is 2.39. The Bertz CT molecular complexity index is 485. The molecular weight excluding hydrogens is 272 g/mol. The molecule has 4 nitrogen and oxygen atoms in total. The number of ether oxygens (including phenoxy) is 1. The van der Waals surface area contributed by atoms with E-state index in [0.29, 0.717) is 23.5 Å². The summed E-state index contributed by atoms with van der Waals surface area (Å²) in [5.41, 5.74) is 6.87. The molecule has 0 saturated heterocycles. The van der Waals surface area contributed by atoms with Gasteiger partial charge in [-0.1, -0.05) is 12.8 Å². The molecule has 1 amide bonds. The van der Waals surface area contributed by atoms with Crippen LogP contribution in [0.15, 0.2) is 18.2 Å². The van der Waals surface area contributed by atoms with Gasteiger partial charge in [-0.15, -0.1) is 0 Å². The van der Waals surface area contributed by atoms with Crippen LogP contribution in [0, 0.1) is 0 Å². The lowest BCUT2D eigenvalue weighted by molar-refractivity contribution is 0.0949. The SMILES string of the molecule is COc1cc(N)cc(C(=O)NCC2(SC)CCCC2)c1. The van der Waals surface area contributed by atoms with Crippen molar-refractivity contribution in [2.75, 3.05) is 25.6 Å². The van der Waals surface area contributed by atoms with E-state index in [1.165, 1.54) is 25.7 Å². The lowest BCUT2D eigenvalue weighted by Gasteiger charge is -2.26. The Kier molecular flexibility index (Phi) is 4.81. The van der Waals surface area contributed by atoms with Crippen LogP contribution in [0.3, 0.4) is 0 Å². The van der Waals surface area contributed by atoms with E-state index < -0.39 is 0 Å². The van der Waals surface area contributed by atoms with E-state index in [2.05, 4.69) is 11.6 Å². The molecule has 0 spiro atoms. The zero-order valence-electron chi connectivity index (χ0n) is 12.1. The number of nitrogen functional groups attached to an aromatic ring is 1. The Labute approximate surface area is 124 Å². The summed E-state index contributed by atoms with van der Waals surface area (Å²) in [5.74, 6) is 0.520. The van der Waals surface area contributed by atoms with Crippen LogP contribution in [0.2, 0.25) is 0 Å². The number of benzene rings is 1. The van der Waals surface area contributed by atoms with E-state index in [1.54, 1.807) is 25.3 Å². The van der Waals surface area contributed by atoms with Crippen molar-refractivity contribution in [1.82, 2.24) is 5.32 Å². The zero-order chi connectivity index (χ0) is 14.6. The first-order valence-corrected chi connectivity index (χ1v) is 8.09. The van der Waals surface area contributed by atoms with Crippen LogP contribution in [0.5, 0.6) is 5.75 Å². The molecule has 0 atom stereocenters. The zero-order valence-corrected chi connectivity index (χ0v) is 12.9. The smallest absolute Gasteiger partial charge is 0.251 e. The minimum absolute atomic E-state index is 0.0871. The highest BCUT2D eigenvalue weighted by Gasteiger charge is 2.33. The van der Waals surface area contributed by atoms with Crippen LogP contribution >= 0.6 is 11.8 Å². The number of hydrogen-bond acceptors (Lipinski definition) is 4. The van der Waals surface area contributed by atoms with Crippen molar-refractivity contribution >= 4 is 23.4 Å². The summed E-state index contributed by atoms with van der Waals surface area (Å²) >= 11 is 1.86. The van der Waals surface area contributed by atoms with Crippen molar-refractivity contribution in [2.24, 2.45) is 0 Å². The quantitative estimate of drug-likeness (QED) is 0.820. The molecule has 1 aliphatic carbocycles. The predicted molar refractivity (Wildman–Crippen MR) is 84.5 cm³/mol. The Morgan fingerprint density at radius 1 is 1.40 bits per heavy atom. The molecule has 5 heteroatoms. The molecular formula is C15H22N2O2S. The molecule has 3 N–H and O–H groups in total. The lowest BCUT2D eigenvalue weighted by atomic mass is 10.1. The summed E-state index contributed by atoms with van der Waals surface area (Å²) in [7, 11) is 1.57. The number of methoxy groups -OCH3 is 1. The Balaban J connectivity index is 2.03. The van der Waals surface area contributed by atoms with E-state index in [0.717, 1.165) is 0 Å². The van der Waals surface area contributed by atoms with E-state index in [1.807, 2.05) is 11.8 Å². The van der Waals surface area contributed by atoms with Gasteiger partial charge in [-0.3, -0.25) is 4.79 Å². The summed E-state index contributed by atoms with van der Waals surface area (Å²) < 4.78 is 5.35. The lowest BCUT2D eigenvalue weighted by Crippen LogP contribution is -2.38. The number of thioether (sulfide) groups is 1. The molecule has 1 aromatic rings. The Hall–Kier alpha value is -1.36. The number of amides is 1. The average Bonchev–Trinajstić information content (AvgIpc) is 2.93. The summed E-state index contributed by atoms with van der Waals surface area (Å²) in [6, 6.07) is 5.10. The van der Waals surface area contributed by atoms with Crippen molar-refractivity contribution in [3.63, 3.8) is 0 Å². The fourth-order valence-corrected chi connectivity index (χ4v) is 3.60. The Morgan fingerprint density at radius 3 is 2.70 bits per heavy atom. The first kappa shape index (κ1) is 15.0. The van der Waals surface area contributed by atoms with E-state index in [9.17, 15) is 4.79 Å². The molecule has 0 bridgehead atoms. The number of nitrogens with one attached hydrogen (secondary N) is 1. The summed E-state index contributed by atoms with van der Waals surface area (Å²) in [6.45, 7) is 0.712. The van der Waals surface area contributed by atoms with Gasteiger partial charge in [-0.25, -0.2) is 0 Å². The maximum Gasteiger partial charge on any atom is 0.251 e. The molecule has 0 aromatic heterocycles. The number of anilines is 1. The van der Waals surface area contributed by atoms with Crippen LogP contribution in [0.4, 0.5) is 5.69 Å². The summed E-state index contributed by atoms with van der Waals surface area (Å²) in [6.07, 6.45) is 6.98. The van der Waals surface area contributed by atoms with E-state index in [-0.39, 0.29) is 10.7 Å². The third-order valence-corrected chi connectivity index (χ3v) is 5.36.